The molecule has 7 heteroatoms. The molecule has 0 aromatic heterocycles. The number of sulfonamides is 1. The minimum atomic E-state index is -3.63. The molecule has 1 aromatic carbocycles. The lowest BCUT2D eigenvalue weighted by Crippen LogP contribution is -2.45. The van der Waals surface area contributed by atoms with Gasteiger partial charge in [-0.3, -0.25) is 4.79 Å². The summed E-state index contributed by atoms with van der Waals surface area (Å²) in [6.07, 6.45) is 3.27. The summed E-state index contributed by atoms with van der Waals surface area (Å²) in [4.78, 5) is 11.2. The van der Waals surface area contributed by atoms with E-state index in [0.717, 1.165) is 19.3 Å². The zero-order valence-electron chi connectivity index (χ0n) is 13.5. The van der Waals surface area contributed by atoms with Crippen LogP contribution in [0.5, 0.6) is 0 Å². The highest BCUT2D eigenvalue weighted by Gasteiger charge is 2.35. The van der Waals surface area contributed by atoms with Gasteiger partial charge in [0.2, 0.25) is 15.9 Å². The van der Waals surface area contributed by atoms with Crippen LogP contribution in [0, 0.1) is 6.92 Å². The number of nitrogens with one attached hydrogen (secondary N) is 1. The molecule has 1 aromatic rings. The van der Waals surface area contributed by atoms with E-state index in [1.807, 2.05) is 0 Å². The van der Waals surface area contributed by atoms with Crippen LogP contribution in [-0.4, -0.2) is 37.8 Å². The Morgan fingerprint density at radius 2 is 2.13 bits per heavy atom. The molecule has 0 spiro atoms. The summed E-state index contributed by atoms with van der Waals surface area (Å²) < 4.78 is 27.7. The molecule has 1 fully saturated rings. The normalized spacial score (nSPS) is 19.5. The Morgan fingerprint density at radius 1 is 1.39 bits per heavy atom. The van der Waals surface area contributed by atoms with Crippen molar-refractivity contribution in [3.05, 3.63) is 28.8 Å². The number of piperidine rings is 1. The molecule has 1 saturated heterocycles. The first-order valence-corrected chi connectivity index (χ1v) is 9.67. The molecule has 23 heavy (non-hydrogen) atoms. The number of amides is 1. The first-order chi connectivity index (χ1) is 10.8. The molecule has 128 valence electrons. The fraction of sp³-hybridized carbons (Fsp3) is 0.562. The van der Waals surface area contributed by atoms with Crippen molar-refractivity contribution in [2.45, 2.75) is 50.5 Å². The molecule has 0 bridgehead atoms. The third-order valence-electron chi connectivity index (χ3n) is 4.16. The van der Waals surface area contributed by atoms with Crippen molar-refractivity contribution in [1.82, 2.24) is 9.62 Å². The Bertz CT molecular complexity index is 656. The largest absolute Gasteiger partial charge is 0.356 e. The van der Waals surface area contributed by atoms with Gasteiger partial charge in [0.15, 0.2) is 0 Å². The minimum Gasteiger partial charge on any atom is -0.356 e. The number of nitrogens with zero attached hydrogens (tertiary/aromatic N) is 1. The minimum absolute atomic E-state index is 0.0998. The van der Waals surface area contributed by atoms with E-state index in [1.54, 1.807) is 29.4 Å². The highest BCUT2D eigenvalue weighted by Crippen LogP contribution is 2.32. The molecule has 2 rings (SSSR count). The number of rotatable bonds is 5. The van der Waals surface area contributed by atoms with Crippen LogP contribution in [0.15, 0.2) is 23.1 Å². The molecule has 0 saturated carbocycles. The van der Waals surface area contributed by atoms with Crippen molar-refractivity contribution in [1.29, 1.82) is 0 Å². The van der Waals surface area contributed by atoms with Gasteiger partial charge >= 0.3 is 0 Å². The second kappa shape index (κ2) is 7.64. The lowest BCUT2D eigenvalue weighted by Gasteiger charge is -2.35. The first-order valence-electron chi connectivity index (χ1n) is 7.85. The van der Waals surface area contributed by atoms with E-state index in [4.69, 9.17) is 11.6 Å². The average Bonchev–Trinajstić information content (AvgIpc) is 2.47. The molecule has 1 heterocycles. The van der Waals surface area contributed by atoms with Crippen LogP contribution in [0.4, 0.5) is 0 Å². The van der Waals surface area contributed by atoms with Crippen molar-refractivity contribution < 1.29 is 13.2 Å². The standard InChI is InChI=1S/C16H23ClN2O3S/c1-12-6-5-8-15(17)16(12)23(21,22)19-11-4-3-7-14(19)9-10-18-13(2)20/h5-6,8,14H,3-4,7,9-11H2,1-2H3,(H,18,20). The average molecular weight is 359 g/mol. The van der Waals surface area contributed by atoms with E-state index in [9.17, 15) is 13.2 Å². The van der Waals surface area contributed by atoms with Gasteiger partial charge in [-0.2, -0.15) is 4.31 Å². The van der Waals surface area contributed by atoms with Gasteiger partial charge in [0.05, 0.1) is 5.02 Å². The summed E-state index contributed by atoms with van der Waals surface area (Å²) in [5.41, 5.74) is 0.656. The lowest BCUT2D eigenvalue weighted by molar-refractivity contribution is -0.119. The Labute approximate surface area is 143 Å². The SMILES string of the molecule is CC(=O)NCCC1CCCCN1S(=O)(=O)c1c(C)cccc1Cl. The monoisotopic (exact) mass is 358 g/mol. The van der Waals surface area contributed by atoms with Crippen molar-refractivity contribution in [3.8, 4) is 0 Å². The number of halogens is 1. The van der Waals surface area contributed by atoms with E-state index in [1.165, 1.54) is 6.92 Å². The van der Waals surface area contributed by atoms with Gasteiger partial charge < -0.3 is 5.32 Å². The maximum absolute atomic E-state index is 13.1. The quantitative estimate of drug-likeness (QED) is 0.880. The van der Waals surface area contributed by atoms with Gasteiger partial charge in [-0.1, -0.05) is 30.2 Å². The van der Waals surface area contributed by atoms with Gasteiger partial charge in [0.25, 0.3) is 0 Å². The third-order valence-corrected chi connectivity index (χ3v) is 6.74. The van der Waals surface area contributed by atoms with Crippen LogP contribution >= 0.6 is 11.6 Å². The molecular formula is C16H23ClN2O3S. The summed E-state index contributed by atoms with van der Waals surface area (Å²) in [6.45, 7) is 4.20. The number of benzene rings is 1. The van der Waals surface area contributed by atoms with Crippen molar-refractivity contribution in [2.75, 3.05) is 13.1 Å². The van der Waals surface area contributed by atoms with Crippen LogP contribution in [-0.2, 0) is 14.8 Å². The van der Waals surface area contributed by atoms with Gasteiger partial charge in [0.1, 0.15) is 4.90 Å². The Kier molecular flexibility index (Phi) is 6.06. The third kappa shape index (κ3) is 4.25. The van der Waals surface area contributed by atoms with Crippen LogP contribution in [0.3, 0.4) is 0 Å². The van der Waals surface area contributed by atoms with Crippen molar-refractivity contribution >= 4 is 27.5 Å². The molecule has 0 radical (unpaired) electrons. The van der Waals surface area contributed by atoms with Crippen molar-refractivity contribution in [2.24, 2.45) is 0 Å². The molecular weight excluding hydrogens is 336 g/mol. The molecule has 1 aliphatic heterocycles. The van der Waals surface area contributed by atoms with Crippen LogP contribution in [0.2, 0.25) is 5.02 Å². The van der Waals surface area contributed by atoms with E-state index < -0.39 is 10.0 Å². The first kappa shape index (κ1) is 18.2. The number of hydrogen-bond acceptors (Lipinski definition) is 3. The highest BCUT2D eigenvalue weighted by molar-refractivity contribution is 7.89. The second-order valence-corrected chi connectivity index (χ2v) is 8.16. The number of hydrogen-bond donors (Lipinski definition) is 1. The smallest absolute Gasteiger partial charge is 0.245 e. The van der Waals surface area contributed by atoms with E-state index in [2.05, 4.69) is 5.32 Å². The molecule has 1 unspecified atom stereocenters. The van der Waals surface area contributed by atoms with Crippen LogP contribution in [0.25, 0.3) is 0 Å². The Morgan fingerprint density at radius 3 is 2.78 bits per heavy atom. The van der Waals surface area contributed by atoms with Gasteiger partial charge in [-0.05, 0) is 37.8 Å². The Balaban J connectivity index is 2.26. The van der Waals surface area contributed by atoms with E-state index in [0.29, 0.717) is 25.1 Å². The number of carbonyl (C=O) groups is 1. The maximum atomic E-state index is 13.1. The molecule has 1 atom stereocenters. The topological polar surface area (TPSA) is 66.5 Å². The van der Waals surface area contributed by atoms with Gasteiger partial charge in [-0.25, -0.2) is 8.42 Å². The molecule has 1 N–H and O–H groups in total. The zero-order valence-corrected chi connectivity index (χ0v) is 15.1. The fourth-order valence-corrected chi connectivity index (χ4v) is 5.57. The van der Waals surface area contributed by atoms with E-state index in [-0.39, 0.29) is 21.9 Å². The highest BCUT2D eigenvalue weighted by atomic mass is 35.5. The van der Waals surface area contributed by atoms with Gasteiger partial charge in [0, 0.05) is 26.1 Å². The lowest BCUT2D eigenvalue weighted by atomic mass is 10.0. The fourth-order valence-electron chi connectivity index (χ4n) is 3.05. The van der Waals surface area contributed by atoms with E-state index >= 15 is 0 Å². The number of aryl methyl sites for hydroxylation is 1. The second-order valence-electron chi connectivity index (χ2n) is 5.92. The molecule has 5 nitrogen and oxygen atoms in total. The molecule has 0 aliphatic carbocycles. The Hall–Kier alpha value is -1.11. The maximum Gasteiger partial charge on any atom is 0.245 e. The zero-order chi connectivity index (χ0) is 17.0. The van der Waals surface area contributed by atoms with Crippen LogP contribution < -0.4 is 5.32 Å². The van der Waals surface area contributed by atoms with Crippen LogP contribution in [0.1, 0.15) is 38.2 Å². The molecule has 1 amide bonds. The summed E-state index contributed by atoms with van der Waals surface area (Å²) in [6, 6.07) is 5.02. The number of carbonyl (C=O) groups excluding carboxylic acids is 1. The molecule has 1 aliphatic rings. The summed E-state index contributed by atoms with van der Waals surface area (Å²) >= 11 is 6.16. The summed E-state index contributed by atoms with van der Waals surface area (Å²) in [5, 5.41) is 3.00. The van der Waals surface area contributed by atoms with Crippen molar-refractivity contribution in [3.63, 3.8) is 0 Å². The summed E-state index contributed by atoms with van der Waals surface area (Å²) in [5.74, 6) is -0.0998. The predicted octanol–water partition coefficient (Wildman–Crippen LogP) is 2.72. The predicted molar refractivity (Wildman–Crippen MR) is 91.0 cm³/mol. The van der Waals surface area contributed by atoms with Gasteiger partial charge in [-0.15, -0.1) is 0 Å². The summed E-state index contributed by atoms with van der Waals surface area (Å²) in [7, 11) is -3.63.